The summed E-state index contributed by atoms with van der Waals surface area (Å²) in [5, 5.41) is 12.0. The standard InChI is InChI=1S/C33H29F3N2O3S/c1-38(30(21-39)42-22-24-8-4-2-5-9-24)32(41)29(37-31(40)27-16-18-28(19-17-27)33(34,35)36)20-23-12-14-26(15-13-23)25-10-6-3-7-11-25/h2-20,30,39H,21-22H2,1H3,(H,37,40)/t30-/m1/s1. The second kappa shape index (κ2) is 14.0. The topological polar surface area (TPSA) is 69.6 Å². The van der Waals surface area contributed by atoms with Gasteiger partial charge in [-0.25, -0.2) is 0 Å². The van der Waals surface area contributed by atoms with Gasteiger partial charge in [-0.2, -0.15) is 13.2 Å². The van der Waals surface area contributed by atoms with Gasteiger partial charge in [0.05, 0.1) is 12.2 Å². The number of hydrogen-bond donors (Lipinski definition) is 2. The van der Waals surface area contributed by atoms with Crippen LogP contribution < -0.4 is 5.32 Å². The molecular weight excluding hydrogens is 561 g/mol. The Bertz CT molecular complexity index is 1510. The fraction of sp³-hybridized carbons (Fsp3) is 0.152. The van der Waals surface area contributed by atoms with Crippen LogP contribution in [-0.2, 0) is 16.7 Å². The molecule has 0 aliphatic heterocycles. The molecule has 0 unspecified atom stereocenters. The van der Waals surface area contributed by atoms with E-state index in [9.17, 15) is 27.9 Å². The van der Waals surface area contributed by atoms with Gasteiger partial charge < -0.3 is 15.3 Å². The van der Waals surface area contributed by atoms with Gasteiger partial charge in [0.2, 0.25) is 0 Å². The van der Waals surface area contributed by atoms with Crippen LogP contribution in [0.25, 0.3) is 17.2 Å². The molecule has 9 heteroatoms. The summed E-state index contributed by atoms with van der Waals surface area (Å²) in [4.78, 5) is 28.1. The van der Waals surface area contributed by atoms with E-state index in [1.807, 2.05) is 72.8 Å². The molecule has 1 atom stereocenters. The minimum atomic E-state index is -4.54. The first-order valence-electron chi connectivity index (χ1n) is 13.0. The number of halogens is 3. The number of hydrogen-bond acceptors (Lipinski definition) is 4. The molecule has 5 nitrogen and oxygen atoms in total. The molecule has 0 bridgehead atoms. The number of aliphatic hydroxyl groups excluding tert-OH is 1. The maximum absolute atomic E-state index is 13.7. The van der Waals surface area contributed by atoms with E-state index < -0.39 is 28.9 Å². The first kappa shape index (κ1) is 30.6. The molecule has 4 aromatic rings. The van der Waals surface area contributed by atoms with Gasteiger partial charge in [0.15, 0.2) is 0 Å². The largest absolute Gasteiger partial charge is 0.416 e. The fourth-order valence-corrected chi connectivity index (χ4v) is 5.10. The lowest BCUT2D eigenvalue weighted by Gasteiger charge is -2.27. The van der Waals surface area contributed by atoms with Crippen LogP contribution in [0.1, 0.15) is 27.0 Å². The van der Waals surface area contributed by atoms with Crippen molar-refractivity contribution in [3.63, 3.8) is 0 Å². The zero-order valence-corrected chi connectivity index (χ0v) is 23.5. The number of rotatable bonds is 10. The fourth-order valence-electron chi connectivity index (χ4n) is 4.10. The minimum Gasteiger partial charge on any atom is -0.393 e. The van der Waals surface area contributed by atoms with E-state index in [0.717, 1.165) is 41.0 Å². The van der Waals surface area contributed by atoms with E-state index in [2.05, 4.69) is 5.32 Å². The Morgan fingerprint density at radius 2 is 1.43 bits per heavy atom. The second-order valence-corrected chi connectivity index (χ2v) is 10.6. The summed E-state index contributed by atoms with van der Waals surface area (Å²) in [7, 11) is 1.53. The number of benzene rings is 4. The Hall–Kier alpha value is -4.34. The molecule has 0 heterocycles. The highest BCUT2D eigenvalue weighted by atomic mass is 32.2. The van der Waals surface area contributed by atoms with Crippen LogP contribution in [0.15, 0.2) is 115 Å². The van der Waals surface area contributed by atoms with Crippen LogP contribution >= 0.6 is 11.8 Å². The molecule has 0 spiro atoms. The van der Waals surface area contributed by atoms with Gasteiger partial charge in [-0.1, -0.05) is 84.9 Å². The first-order chi connectivity index (χ1) is 20.2. The number of aliphatic hydroxyl groups is 1. The molecule has 216 valence electrons. The highest BCUT2D eigenvalue weighted by molar-refractivity contribution is 7.99. The van der Waals surface area contributed by atoms with Crippen LogP contribution in [0.4, 0.5) is 13.2 Å². The van der Waals surface area contributed by atoms with E-state index in [0.29, 0.717) is 11.3 Å². The van der Waals surface area contributed by atoms with Crippen LogP contribution in [0.5, 0.6) is 0 Å². The first-order valence-corrected chi connectivity index (χ1v) is 14.1. The van der Waals surface area contributed by atoms with Crippen molar-refractivity contribution in [3.8, 4) is 11.1 Å². The van der Waals surface area contributed by atoms with Gasteiger partial charge in [-0.05, 0) is 52.6 Å². The van der Waals surface area contributed by atoms with E-state index >= 15 is 0 Å². The predicted octanol–water partition coefficient (Wildman–Crippen LogP) is 6.85. The van der Waals surface area contributed by atoms with Gasteiger partial charge >= 0.3 is 6.18 Å². The van der Waals surface area contributed by atoms with Crippen LogP contribution in [-0.4, -0.2) is 40.8 Å². The molecule has 0 fully saturated rings. The zero-order chi connectivity index (χ0) is 30.1. The zero-order valence-electron chi connectivity index (χ0n) is 22.7. The number of alkyl halides is 3. The number of nitrogens with zero attached hydrogens (tertiary/aromatic N) is 1. The summed E-state index contributed by atoms with van der Waals surface area (Å²) >= 11 is 1.36. The van der Waals surface area contributed by atoms with E-state index in [4.69, 9.17) is 0 Å². The van der Waals surface area contributed by atoms with Crippen molar-refractivity contribution in [2.45, 2.75) is 17.3 Å². The Labute approximate surface area is 246 Å². The van der Waals surface area contributed by atoms with Crippen molar-refractivity contribution in [2.75, 3.05) is 13.7 Å². The van der Waals surface area contributed by atoms with Crippen molar-refractivity contribution in [2.24, 2.45) is 0 Å². The third-order valence-electron chi connectivity index (χ3n) is 6.48. The highest BCUT2D eigenvalue weighted by Crippen LogP contribution is 2.29. The lowest BCUT2D eigenvalue weighted by atomic mass is 10.0. The summed E-state index contributed by atoms with van der Waals surface area (Å²) in [6, 6.07) is 30.4. The maximum atomic E-state index is 13.7. The molecule has 2 N–H and O–H groups in total. The monoisotopic (exact) mass is 590 g/mol. The number of carbonyl (C=O) groups is 2. The second-order valence-electron chi connectivity index (χ2n) is 9.43. The van der Waals surface area contributed by atoms with Crippen molar-refractivity contribution >= 4 is 29.7 Å². The van der Waals surface area contributed by atoms with Crippen LogP contribution in [0.3, 0.4) is 0 Å². The molecule has 42 heavy (non-hydrogen) atoms. The van der Waals surface area contributed by atoms with Crippen molar-refractivity contribution in [1.82, 2.24) is 10.2 Å². The molecule has 4 aromatic carbocycles. The Kier molecular flexibility index (Phi) is 10.2. The minimum absolute atomic E-state index is 0.0408. The van der Waals surface area contributed by atoms with E-state index in [1.165, 1.54) is 29.8 Å². The van der Waals surface area contributed by atoms with E-state index in [-0.39, 0.29) is 17.9 Å². The molecular formula is C33H29F3N2O3S. The summed E-state index contributed by atoms with van der Waals surface area (Å²) in [5.41, 5.74) is 2.60. The van der Waals surface area contributed by atoms with Crippen LogP contribution in [0, 0.1) is 0 Å². The molecule has 0 aliphatic carbocycles. The number of amides is 2. The number of carbonyl (C=O) groups excluding carboxylic acids is 2. The summed E-state index contributed by atoms with van der Waals surface area (Å²) < 4.78 is 39.0. The molecule has 0 saturated carbocycles. The van der Waals surface area contributed by atoms with Crippen molar-refractivity contribution < 1.29 is 27.9 Å². The van der Waals surface area contributed by atoms with Gasteiger partial charge in [-0.3, -0.25) is 9.59 Å². The molecule has 0 aliphatic rings. The molecule has 4 rings (SSSR count). The lowest BCUT2D eigenvalue weighted by molar-refractivity contribution is -0.137. The SMILES string of the molecule is CN(C(=O)C(=Cc1ccc(-c2ccccc2)cc1)NC(=O)c1ccc(C(F)(F)F)cc1)[C@@H](CO)SCc1ccccc1. The summed E-state index contributed by atoms with van der Waals surface area (Å²) in [5.74, 6) is -0.765. The van der Waals surface area contributed by atoms with Gasteiger partial charge in [-0.15, -0.1) is 11.8 Å². The van der Waals surface area contributed by atoms with E-state index in [1.54, 1.807) is 12.1 Å². The molecule has 0 aromatic heterocycles. The smallest absolute Gasteiger partial charge is 0.393 e. The summed E-state index contributed by atoms with van der Waals surface area (Å²) in [6.07, 6.45) is -3.03. The van der Waals surface area contributed by atoms with Gasteiger partial charge in [0, 0.05) is 18.4 Å². The average Bonchev–Trinajstić information content (AvgIpc) is 3.01. The van der Waals surface area contributed by atoms with Crippen molar-refractivity contribution in [3.05, 3.63) is 137 Å². The van der Waals surface area contributed by atoms with Crippen molar-refractivity contribution in [1.29, 1.82) is 0 Å². The Morgan fingerprint density at radius 3 is 2.00 bits per heavy atom. The third kappa shape index (κ3) is 8.11. The average molecular weight is 591 g/mol. The third-order valence-corrected chi connectivity index (χ3v) is 7.83. The number of nitrogens with one attached hydrogen (secondary N) is 1. The van der Waals surface area contributed by atoms with Gasteiger partial charge in [0.1, 0.15) is 11.1 Å². The Morgan fingerprint density at radius 1 is 0.857 bits per heavy atom. The van der Waals surface area contributed by atoms with Crippen LogP contribution in [0.2, 0.25) is 0 Å². The summed E-state index contributed by atoms with van der Waals surface area (Å²) in [6.45, 7) is -0.328. The molecule has 0 radical (unpaired) electrons. The number of likely N-dealkylation sites (N-methyl/N-ethyl adjacent to an activating group) is 1. The quantitative estimate of drug-likeness (QED) is 0.157. The highest BCUT2D eigenvalue weighted by Gasteiger charge is 2.30. The predicted molar refractivity (Wildman–Crippen MR) is 160 cm³/mol. The maximum Gasteiger partial charge on any atom is 0.416 e. The molecule has 0 saturated heterocycles. The number of thioether (sulfide) groups is 1. The molecule has 2 amide bonds. The Balaban J connectivity index is 1.59. The lowest BCUT2D eigenvalue weighted by Crippen LogP contribution is -2.42. The van der Waals surface area contributed by atoms with Gasteiger partial charge in [0.25, 0.3) is 11.8 Å². The normalized spacial score (nSPS) is 12.5.